The van der Waals surface area contributed by atoms with Gasteiger partial charge in [-0.1, -0.05) is 18.6 Å². The van der Waals surface area contributed by atoms with Crippen molar-refractivity contribution in [2.45, 2.75) is 48.8 Å². The van der Waals surface area contributed by atoms with Crippen molar-refractivity contribution in [3.05, 3.63) is 22.8 Å². The highest BCUT2D eigenvalue weighted by Gasteiger charge is 2.35. The lowest BCUT2D eigenvalue weighted by Crippen LogP contribution is -2.36. The van der Waals surface area contributed by atoms with Crippen LogP contribution in [0.25, 0.3) is 0 Å². The highest BCUT2D eigenvalue weighted by atomic mass is 32.2. The number of aryl methyl sites for hydroxylation is 1. The molecule has 1 aliphatic rings. The Morgan fingerprint density at radius 3 is 2.95 bits per heavy atom. The third kappa shape index (κ3) is 2.99. The van der Waals surface area contributed by atoms with E-state index < -0.39 is 10.0 Å². The monoisotopic (exact) mass is 327 g/mol. The molecular weight excluding hydrogens is 310 g/mol. The van der Waals surface area contributed by atoms with Crippen LogP contribution in [0.5, 0.6) is 0 Å². The van der Waals surface area contributed by atoms with Gasteiger partial charge in [-0.2, -0.15) is 5.21 Å². The van der Waals surface area contributed by atoms with E-state index in [1.54, 1.807) is 6.07 Å². The minimum absolute atomic E-state index is 0.0101. The van der Waals surface area contributed by atoms with Crippen LogP contribution in [0.15, 0.2) is 16.3 Å². The lowest BCUT2D eigenvalue weighted by molar-refractivity contribution is 0.514. The minimum Gasteiger partial charge on any atom is -0.207 e. The molecule has 2 atom stereocenters. The number of tetrazole rings is 1. The topological polar surface area (TPSA) is 101 Å². The molecule has 0 amide bonds. The Bertz CT molecular complexity index is 695. The van der Waals surface area contributed by atoms with Crippen LogP contribution in [0.2, 0.25) is 0 Å². The van der Waals surface area contributed by atoms with Gasteiger partial charge in [-0.05, 0) is 31.4 Å². The summed E-state index contributed by atoms with van der Waals surface area (Å²) < 4.78 is 28.1. The number of hydrogen-bond donors (Lipinski definition) is 2. The Kier molecular flexibility index (Phi) is 4.05. The molecule has 1 saturated carbocycles. The summed E-state index contributed by atoms with van der Waals surface area (Å²) in [7, 11) is -3.47. The molecule has 9 heteroatoms. The van der Waals surface area contributed by atoms with Gasteiger partial charge in [-0.3, -0.25) is 0 Å². The van der Waals surface area contributed by atoms with E-state index >= 15 is 0 Å². The van der Waals surface area contributed by atoms with E-state index in [0.717, 1.165) is 30.6 Å². The van der Waals surface area contributed by atoms with Crippen LogP contribution < -0.4 is 4.72 Å². The van der Waals surface area contributed by atoms with Crippen LogP contribution in [0.3, 0.4) is 0 Å². The summed E-state index contributed by atoms with van der Waals surface area (Å²) in [5.74, 6) is 0.574. The fraction of sp³-hybridized carbons (Fsp3) is 0.583. The van der Waals surface area contributed by atoms with Crippen molar-refractivity contribution < 1.29 is 8.42 Å². The van der Waals surface area contributed by atoms with E-state index in [1.165, 1.54) is 11.3 Å². The van der Waals surface area contributed by atoms with Gasteiger partial charge >= 0.3 is 0 Å². The van der Waals surface area contributed by atoms with Crippen molar-refractivity contribution in [2.24, 2.45) is 0 Å². The lowest BCUT2D eigenvalue weighted by atomic mass is 10.0. The fourth-order valence-corrected chi connectivity index (χ4v) is 5.31. The number of aromatic amines is 1. The number of rotatable bonds is 5. The molecule has 114 valence electrons. The number of H-pyrrole nitrogens is 1. The Morgan fingerprint density at radius 2 is 2.29 bits per heavy atom. The summed E-state index contributed by atoms with van der Waals surface area (Å²) in [4.78, 5) is 1.07. The summed E-state index contributed by atoms with van der Waals surface area (Å²) in [6, 6.07) is 3.37. The molecular formula is C12H17N5O2S2. The molecule has 7 nitrogen and oxygen atoms in total. The first-order chi connectivity index (χ1) is 10.1. The maximum Gasteiger partial charge on any atom is 0.250 e. The van der Waals surface area contributed by atoms with Crippen LogP contribution >= 0.6 is 11.3 Å². The normalized spacial score (nSPS) is 22.7. The quantitative estimate of drug-likeness (QED) is 0.865. The highest BCUT2D eigenvalue weighted by molar-refractivity contribution is 7.91. The van der Waals surface area contributed by atoms with Gasteiger partial charge in [0, 0.05) is 16.8 Å². The summed E-state index contributed by atoms with van der Waals surface area (Å²) in [6.07, 6.45) is 3.47. The van der Waals surface area contributed by atoms with Crippen molar-refractivity contribution in [2.75, 3.05) is 0 Å². The maximum atomic E-state index is 12.5. The first-order valence-corrected chi connectivity index (χ1v) is 9.24. The van der Waals surface area contributed by atoms with E-state index in [1.807, 2.05) is 13.0 Å². The highest BCUT2D eigenvalue weighted by Crippen LogP contribution is 2.34. The van der Waals surface area contributed by atoms with Gasteiger partial charge in [0.2, 0.25) is 10.0 Å². The van der Waals surface area contributed by atoms with E-state index in [4.69, 9.17) is 0 Å². The van der Waals surface area contributed by atoms with Crippen LogP contribution in [0.1, 0.15) is 42.8 Å². The number of sulfonamides is 1. The van der Waals surface area contributed by atoms with E-state index in [0.29, 0.717) is 10.0 Å². The van der Waals surface area contributed by atoms with Crippen LogP contribution in [-0.2, 0) is 16.4 Å². The van der Waals surface area contributed by atoms with Crippen molar-refractivity contribution >= 4 is 21.4 Å². The number of thiophene rings is 1. The molecule has 0 radical (unpaired) electrons. The van der Waals surface area contributed by atoms with E-state index in [2.05, 4.69) is 25.3 Å². The molecule has 1 fully saturated rings. The largest absolute Gasteiger partial charge is 0.250 e. The van der Waals surface area contributed by atoms with Gasteiger partial charge in [-0.25, -0.2) is 13.1 Å². The second-order valence-corrected chi connectivity index (χ2v) is 8.22. The third-order valence-corrected chi connectivity index (χ3v) is 6.98. The van der Waals surface area contributed by atoms with E-state index in [-0.39, 0.29) is 12.0 Å². The lowest BCUT2D eigenvalue weighted by Gasteiger charge is -2.17. The average Bonchev–Trinajstić information content (AvgIpc) is 3.19. The molecule has 2 heterocycles. The average molecular weight is 327 g/mol. The van der Waals surface area contributed by atoms with Crippen LogP contribution in [0.4, 0.5) is 0 Å². The van der Waals surface area contributed by atoms with Gasteiger partial charge < -0.3 is 0 Å². The maximum absolute atomic E-state index is 12.5. The third-order valence-electron chi connectivity index (χ3n) is 3.77. The summed E-state index contributed by atoms with van der Waals surface area (Å²) in [5.41, 5.74) is 0. The molecule has 0 saturated heterocycles. The Morgan fingerprint density at radius 1 is 1.43 bits per heavy atom. The predicted molar refractivity (Wildman–Crippen MR) is 78.6 cm³/mol. The van der Waals surface area contributed by atoms with Crippen molar-refractivity contribution in [3.8, 4) is 0 Å². The van der Waals surface area contributed by atoms with Crippen molar-refractivity contribution in [3.63, 3.8) is 0 Å². The molecule has 2 aromatic rings. The second kappa shape index (κ2) is 5.82. The summed E-state index contributed by atoms with van der Waals surface area (Å²) >= 11 is 1.32. The zero-order valence-electron chi connectivity index (χ0n) is 11.6. The molecule has 2 aromatic heterocycles. The van der Waals surface area contributed by atoms with E-state index in [9.17, 15) is 8.42 Å². The molecule has 0 aromatic carbocycles. The Hall–Kier alpha value is -1.32. The van der Waals surface area contributed by atoms with Gasteiger partial charge in [0.1, 0.15) is 4.21 Å². The van der Waals surface area contributed by atoms with Crippen molar-refractivity contribution in [1.82, 2.24) is 25.3 Å². The number of hydrogen-bond acceptors (Lipinski definition) is 6. The molecule has 2 unspecified atom stereocenters. The van der Waals surface area contributed by atoms with Gasteiger partial charge in [0.05, 0.1) is 0 Å². The van der Waals surface area contributed by atoms with Gasteiger partial charge in [-0.15, -0.1) is 21.5 Å². The van der Waals surface area contributed by atoms with Crippen molar-refractivity contribution in [1.29, 1.82) is 0 Å². The summed E-state index contributed by atoms with van der Waals surface area (Å²) in [6.45, 7) is 2.01. The molecule has 0 spiro atoms. The molecule has 21 heavy (non-hydrogen) atoms. The Balaban J connectivity index is 1.78. The second-order valence-electron chi connectivity index (χ2n) is 5.11. The predicted octanol–water partition coefficient (Wildman–Crippen LogP) is 1.44. The summed E-state index contributed by atoms with van der Waals surface area (Å²) in [5, 5.41) is 14.0. The number of nitrogens with one attached hydrogen (secondary N) is 2. The number of nitrogens with zero attached hydrogens (tertiary/aromatic N) is 3. The smallest absolute Gasteiger partial charge is 0.207 e. The zero-order valence-corrected chi connectivity index (χ0v) is 13.2. The molecule has 1 aliphatic carbocycles. The Labute approximate surface area is 127 Å². The van der Waals surface area contributed by atoms with Gasteiger partial charge in [0.15, 0.2) is 5.82 Å². The molecule has 0 aliphatic heterocycles. The SMILES string of the molecule is CCc1ccc(S(=O)(=O)NC2CCCC2c2nn[nH]n2)s1. The molecule has 0 bridgehead atoms. The molecule has 3 rings (SSSR count). The first kappa shape index (κ1) is 14.6. The van der Waals surface area contributed by atoms with Crippen LogP contribution in [-0.4, -0.2) is 35.1 Å². The zero-order chi connectivity index (χ0) is 14.9. The first-order valence-electron chi connectivity index (χ1n) is 6.94. The standard InChI is InChI=1S/C12H17N5O2S2/c1-2-8-6-7-11(20-8)21(18,19)15-10-5-3-4-9(10)12-13-16-17-14-12/h6-7,9-10,15H,2-5H2,1H3,(H,13,14,16,17). The fourth-order valence-electron chi connectivity index (χ4n) is 2.69. The molecule has 2 N–H and O–H groups in total. The number of aromatic nitrogens is 4. The minimum atomic E-state index is -3.47. The van der Waals surface area contributed by atoms with Gasteiger partial charge in [0.25, 0.3) is 0 Å². The van der Waals surface area contributed by atoms with Crippen LogP contribution in [0, 0.1) is 0 Å².